The van der Waals surface area contributed by atoms with Crippen molar-refractivity contribution in [1.82, 2.24) is 5.32 Å². The molecule has 0 amide bonds. The summed E-state index contributed by atoms with van der Waals surface area (Å²) in [6.45, 7) is 8.09. The van der Waals surface area contributed by atoms with Gasteiger partial charge >= 0.3 is 0 Å². The van der Waals surface area contributed by atoms with Crippen molar-refractivity contribution >= 4 is 0 Å². The lowest BCUT2D eigenvalue weighted by molar-refractivity contribution is 0.0191. The van der Waals surface area contributed by atoms with Crippen molar-refractivity contribution in [3.63, 3.8) is 0 Å². The summed E-state index contributed by atoms with van der Waals surface area (Å²) in [7, 11) is 1.97. The van der Waals surface area contributed by atoms with E-state index in [9.17, 15) is 0 Å². The van der Waals surface area contributed by atoms with Crippen LogP contribution in [0.2, 0.25) is 0 Å². The number of benzene rings is 1. The zero-order chi connectivity index (χ0) is 14.5. The second-order valence-electron chi connectivity index (χ2n) is 6.02. The molecule has 2 unspecified atom stereocenters. The van der Waals surface area contributed by atoms with E-state index in [2.05, 4.69) is 44.3 Å². The highest BCUT2D eigenvalue weighted by Crippen LogP contribution is 2.28. The molecule has 0 saturated carbocycles. The van der Waals surface area contributed by atoms with E-state index in [1.807, 2.05) is 7.05 Å². The standard InChI is InChI=1S/C17H27NO2/c1-12(2)16-8-5-13(3)9-17(16)19-11-15-7-6-14(20-15)10-18-4/h5,8-9,12,14-15,18H,6-7,10-11H2,1-4H3. The van der Waals surface area contributed by atoms with Gasteiger partial charge in [-0.25, -0.2) is 0 Å². The van der Waals surface area contributed by atoms with Gasteiger partial charge in [-0.15, -0.1) is 0 Å². The third-order valence-corrected chi connectivity index (χ3v) is 3.84. The van der Waals surface area contributed by atoms with E-state index in [1.165, 1.54) is 11.1 Å². The molecular weight excluding hydrogens is 250 g/mol. The summed E-state index contributed by atoms with van der Waals surface area (Å²) < 4.78 is 12.0. The average Bonchev–Trinajstić information content (AvgIpc) is 2.84. The monoisotopic (exact) mass is 277 g/mol. The Balaban J connectivity index is 1.92. The number of hydrogen-bond acceptors (Lipinski definition) is 3. The molecule has 1 aromatic carbocycles. The van der Waals surface area contributed by atoms with Crippen molar-refractivity contribution in [3.8, 4) is 5.75 Å². The molecule has 0 bridgehead atoms. The van der Waals surface area contributed by atoms with Gasteiger partial charge in [-0.2, -0.15) is 0 Å². The van der Waals surface area contributed by atoms with Gasteiger partial charge in [0.1, 0.15) is 12.4 Å². The Labute approximate surface area is 122 Å². The van der Waals surface area contributed by atoms with Gasteiger partial charge in [0.05, 0.1) is 12.2 Å². The van der Waals surface area contributed by atoms with Crippen LogP contribution in [0.25, 0.3) is 0 Å². The Morgan fingerprint density at radius 1 is 1.30 bits per heavy atom. The predicted octanol–water partition coefficient (Wildman–Crippen LogP) is 3.26. The minimum atomic E-state index is 0.230. The topological polar surface area (TPSA) is 30.5 Å². The van der Waals surface area contributed by atoms with Crippen molar-refractivity contribution in [2.75, 3.05) is 20.2 Å². The summed E-state index contributed by atoms with van der Waals surface area (Å²) in [5.74, 6) is 1.49. The van der Waals surface area contributed by atoms with Gasteiger partial charge in [-0.1, -0.05) is 26.0 Å². The zero-order valence-corrected chi connectivity index (χ0v) is 13.1. The maximum atomic E-state index is 6.04. The molecule has 112 valence electrons. The number of ether oxygens (including phenoxy) is 2. The van der Waals surface area contributed by atoms with E-state index >= 15 is 0 Å². The molecule has 0 aliphatic carbocycles. The number of likely N-dealkylation sites (N-methyl/N-ethyl adjacent to an activating group) is 1. The first-order valence-electron chi connectivity index (χ1n) is 7.63. The first-order chi connectivity index (χ1) is 9.60. The summed E-state index contributed by atoms with van der Waals surface area (Å²) in [5.41, 5.74) is 2.52. The van der Waals surface area contributed by atoms with E-state index < -0.39 is 0 Å². The van der Waals surface area contributed by atoms with E-state index in [1.54, 1.807) is 0 Å². The van der Waals surface area contributed by atoms with Crippen molar-refractivity contribution in [2.24, 2.45) is 0 Å². The summed E-state index contributed by atoms with van der Waals surface area (Å²) in [6, 6.07) is 6.46. The van der Waals surface area contributed by atoms with Crippen LogP contribution in [0.4, 0.5) is 0 Å². The fourth-order valence-electron chi connectivity index (χ4n) is 2.71. The maximum Gasteiger partial charge on any atom is 0.123 e. The normalized spacial score (nSPS) is 22.4. The van der Waals surface area contributed by atoms with E-state index in [0.717, 1.165) is 25.1 Å². The summed E-state index contributed by atoms with van der Waals surface area (Å²) in [4.78, 5) is 0. The Morgan fingerprint density at radius 3 is 2.75 bits per heavy atom. The highest BCUT2D eigenvalue weighted by molar-refractivity contribution is 5.39. The lowest BCUT2D eigenvalue weighted by Crippen LogP contribution is -2.26. The molecule has 20 heavy (non-hydrogen) atoms. The molecule has 2 atom stereocenters. The number of aryl methyl sites for hydroxylation is 1. The molecule has 1 aliphatic rings. The molecule has 1 saturated heterocycles. The highest BCUT2D eigenvalue weighted by atomic mass is 16.5. The smallest absolute Gasteiger partial charge is 0.123 e. The lowest BCUT2D eigenvalue weighted by Gasteiger charge is -2.18. The molecule has 2 rings (SSSR count). The molecule has 1 fully saturated rings. The average molecular weight is 277 g/mol. The summed E-state index contributed by atoms with van der Waals surface area (Å²) in [6.07, 6.45) is 2.79. The van der Waals surface area contributed by atoms with E-state index in [-0.39, 0.29) is 6.10 Å². The van der Waals surface area contributed by atoms with Crippen LogP contribution in [-0.2, 0) is 4.74 Å². The Kier molecular flexibility index (Phi) is 5.44. The first kappa shape index (κ1) is 15.3. The third kappa shape index (κ3) is 3.97. The predicted molar refractivity (Wildman–Crippen MR) is 82.6 cm³/mol. The van der Waals surface area contributed by atoms with Crippen LogP contribution in [-0.4, -0.2) is 32.4 Å². The molecule has 0 spiro atoms. The number of hydrogen-bond donors (Lipinski definition) is 1. The lowest BCUT2D eigenvalue weighted by atomic mass is 10.0. The molecule has 1 N–H and O–H groups in total. The molecule has 0 aromatic heterocycles. The summed E-state index contributed by atoms with van der Waals surface area (Å²) in [5, 5.41) is 3.17. The number of rotatable bonds is 6. The van der Waals surface area contributed by atoms with Crippen molar-refractivity contribution in [1.29, 1.82) is 0 Å². The fourth-order valence-corrected chi connectivity index (χ4v) is 2.71. The molecular formula is C17H27NO2. The first-order valence-corrected chi connectivity index (χ1v) is 7.63. The molecule has 0 radical (unpaired) electrons. The Morgan fingerprint density at radius 2 is 2.05 bits per heavy atom. The van der Waals surface area contributed by atoms with Crippen LogP contribution in [0.3, 0.4) is 0 Å². The third-order valence-electron chi connectivity index (χ3n) is 3.84. The van der Waals surface area contributed by atoms with Crippen LogP contribution in [0.1, 0.15) is 43.7 Å². The molecule has 3 heteroatoms. The fraction of sp³-hybridized carbons (Fsp3) is 0.647. The van der Waals surface area contributed by atoms with Crippen LogP contribution >= 0.6 is 0 Å². The SMILES string of the molecule is CNCC1CCC(COc2cc(C)ccc2C(C)C)O1. The van der Waals surface area contributed by atoms with Gasteiger partial charge in [-0.05, 0) is 49.9 Å². The van der Waals surface area contributed by atoms with Crippen LogP contribution in [0.15, 0.2) is 18.2 Å². The van der Waals surface area contributed by atoms with Gasteiger partial charge < -0.3 is 14.8 Å². The minimum absolute atomic E-state index is 0.230. The van der Waals surface area contributed by atoms with Gasteiger partial charge in [0, 0.05) is 6.54 Å². The van der Waals surface area contributed by atoms with Gasteiger partial charge in [0.15, 0.2) is 0 Å². The molecule has 1 aromatic rings. The second-order valence-corrected chi connectivity index (χ2v) is 6.02. The van der Waals surface area contributed by atoms with Crippen LogP contribution in [0, 0.1) is 6.92 Å². The van der Waals surface area contributed by atoms with Crippen LogP contribution in [0.5, 0.6) is 5.75 Å². The molecule has 1 aliphatic heterocycles. The van der Waals surface area contributed by atoms with Gasteiger partial charge in [0.2, 0.25) is 0 Å². The Hall–Kier alpha value is -1.06. The Bertz CT molecular complexity index is 431. The summed E-state index contributed by atoms with van der Waals surface area (Å²) >= 11 is 0. The van der Waals surface area contributed by atoms with E-state index in [0.29, 0.717) is 18.6 Å². The molecule has 3 nitrogen and oxygen atoms in total. The largest absolute Gasteiger partial charge is 0.491 e. The zero-order valence-electron chi connectivity index (χ0n) is 13.1. The second kappa shape index (κ2) is 7.09. The van der Waals surface area contributed by atoms with Crippen molar-refractivity contribution < 1.29 is 9.47 Å². The maximum absolute atomic E-state index is 6.04. The quantitative estimate of drug-likeness (QED) is 0.865. The van der Waals surface area contributed by atoms with Gasteiger partial charge in [-0.3, -0.25) is 0 Å². The minimum Gasteiger partial charge on any atom is -0.491 e. The molecule has 1 heterocycles. The van der Waals surface area contributed by atoms with Gasteiger partial charge in [0.25, 0.3) is 0 Å². The number of nitrogens with one attached hydrogen (secondary N) is 1. The van der Waals surface area contributed by atoms with E-state index in [4.69, 9.17) is 9.47 Å². The van der Waals surface area contributed by atoms with Crippen LogP contribution < -0.4 is 10.1 Å². The highest BCUT2D eigenvalue weighted by Gasteiger charge is 2.25. The van der Waals surface area contributed by atoms with Crippen molar-refractivity contribution in [3.05, 3.63) is 29.3 Å². The van der Waals surface area contributed by atoms with Crippen molar-refractivity contribution in [2.45, 2.75) is 51.7 Å².